The second kappa shape index (κ2) is 9.28. The van der Waals surface area contributed by atoms with Crippen molar-refractivity contribution in [3.05, 3.63) is 77.4 Å². The zero-order chi connectivity index (χ0) is 16.9. The van der Waals surface area contributed by atoms with Crippen molar-refractivity contribution in [3.63, 3.8) is 0 Å². The predicted molar refractivity (Wildman–Crippen MR) is 92.0 cm³/mol. The fraction of sp³-hybridized carbons (Fsp3) is 0.300. The molecule has 1 nitrogen and oxygen atoms in total. The van der Waals surface area contributed by atoms with Gasteiger partial charge in [0.25, 0.3) is 0 Å². The van der Waals surface area contributed by atoms with Crippen LogP contribution >= 0.6 is 0 Å². The maximum Gasteiger partial charge on any atom is 0.123 e. The first kappa shape index (κ1) is 20.8. The molecule has 2 aromatic carbocycles. The molecule has 0 aromatic heterocycles. The normalized spacial score (nSPS) is 10.9. The molecule has 0 aliphatic heterocycles. The Morgan fingerprint density at radius 2 is 1.42 bits per heavy atom. The van der Waals surface area contributed by atoms with Gasteiger partial charge in [-0.15, -0.1) is 0 Å². The highest BCUT2D eigenvalue weighted by atomic mass is 127. The topological polar surface area (TPSA) is 0 Å². The van der Waals surface area contributed by atoms with Crippen LogP contribution in [0.25, 0.3) is 5.57 Å². The van der Waals surface area contributed by atoms with Crippen molar-refractivity contribution in [3.8, 4) is 0 Å². The predicted octanol–water partition coefficient (Wildman–Crippen LogP) is 1.89. The van der Waals surface area contributed by atoms with Crippen LogP contribution < -0.4 is 24.0 Å². The quantitative estimate of drug-likeness (QED) is 0.364. The minimum atomic E-state index is -0.281. The van der Waals surface area contributed by atoms with Gasteiger partial charge in [-0.1, -0.05) is 30.3 Å². The van der Waals surface area contributed by atoms with Gasteiger partial charge in [-0.2, -0.15) is 0 Å². The van der Waals surface area contributed by atoms with Gasteiger partial charge in [-0.05, 0) is 47.4 Å². The summed E-state index contributed by atoms with van der Waals surface area (Å²) in [5.74, 6) is -0.563. The number of unbranched alkanes of at least 4 members (excludes halogenated alkanes) is 1. The fourth-order valence-corrected chi connectivity index (χ4v) is 2.53. The van der Waals surface area contributed by atoms with Gasteiger partial charge in [-0.25, -0.2) is 8.78 Å². The van der Waals surface area contributed by atoms with Crippen molar-refractivity contribution < 1.29 is 37.2 Å². The molecule has 0 amide bonds. The van der Waals surface area contributed by atoms with Gasteiger partial charge in [0.1, 0.15) is 11.6 Å². The van der Waals surface area contributed by atoms with E-state index in [9.17, 15) is 8.78 Å². The number of benzene rings is 2. The monoisotopic (exact) mass is 443 g/mol. The molecular formula is C20H24F2IN. The Bertz CT molecular complexity index is 643. The Morgan fingerprint density at radius 1 is 0.917 bits per heavy atom. The van der Waals surface area contributed by atoms with E-state index >= 15 is 0 Å². The standard InChI is InChI=1S/C20H24F2N.HI/c1-23(2,3)13-5-4-12-20(16-8-6-10-18(21)14-16)17-9-7-11-19(22)15-17;/h6-12,14-15H,4-5,13H2,1-3H3;1H/q+1;/p-1. The van der Waals surface area contributed by atoms with E-state index in [1.54, 1.807) is 12.1 Å². The third kappa shape index (κ3) is 6.69. The van der Waals surface area contributed by atoms with Crippen LogP contribution in [0.1, 0.15) is 24.0 Å². The Kier molecular flexibility index (Phi) is 8.03. The minimum Gasteiger partial charge on any atom is -1.00 e. The van der Waals surface area contributed by atoms with E-state index in [2.05, 4.69) is 27.2 Å². The summed E-state index contributed by atoms with van der Waals surface area (Å²) in [6.07, 6.45) is 3.98. The van der Waals surface area contributed by atoms with E-state index in [0.29, 0.717) is 0 Å². The van der Waals surface area contributed by atoms with Crippen LogP contribution in [0.4, 0.5) is 8.78 Å². The molecule has 0 saturated carbocycles. The summed E-state index contributed by atoms with van der Waals surface area (Å²) in [5, 5.41) is 0. The molecule has 0 unspecified atom stereocenters. The molecule has 0 atom stereocenters. The van der Waals surface area contributed by atoms with Crippen molar-refractivity contribution >= 4 is 5.57 Å². The van der Waals surface area contributed by atoms with Crippen LogP contribution in [-0.2, 0) is 0 Å². The summed E-state index contributed by atoms with van der Waals surface area (Å²) in [7, 11) is 6.47. The average Bonchev–Trinajstić information content (AvgIpc) is 2.46. The molecule has 0 fully saturated rings. The highest BCUT2D eigenvalue weighted by Gasteiger charge is 2.09. The van der Waals surface area contributed by atoms with Crippen LogP contribution in [0.5, 0.6) is 0 Å². The number of rotatable bonds is 6. The van der Waals surface area contributed by atoms with E-state index < -0.39 is 0 Å². The first-order chi connectivity index (χ1) is 10.8. The van der Waals surface area contributed by atoms with Gasteiger partial charge < -0.3 is 28.5 Å². The molecule has 0 bridgehead atoms. The second-order valence-electron chi connectivity index (χ2n) is 6.79. The van der Waals surface area contributed by atoms with Crippen LogP contribution in [0.15, 0.2) is 54.6 Å². The Balaban J connectivity index is 0.00000288. The van der Waals surface area contributed by atoms with Gasteiger partial charge in [0.05, 0.1) is 27.7 Å². The maximum atomic E-state index is 13.6. The minimum absolute atomic E-state index is 0. The molecule has 0 heterocycles. The number of halogens is 3. The Labute approximate surface area is 160 Å². The number of allylic oxidation sites excluding steroid dienone is 1. The van der Waals surface area contributed by atoms with E-state index in [1.165, 1.54) is 24.3 Å². The van der Waals surface area contributed by atoms with Crippen LogP contribution in [-0.4, -0.2) is 32.2 Å². The molecule has 0 radical (unpaired) electrons. The highest BCUT2D eigenvalue weighted by Crippen LogP contribution is 2.25. The SMILES string of the molecule is C[N+](C)(C)CCCC=C(c1cccc(F)c1)c1cccc(F)c1.[I-]. The van der Waals surface area contributed by atoms with Gasteiger partial charge in [0.15, 0.2) is 0 Å². The molecule has 2 aromatic rings. The van der Waals surface area contributed by atoms with Crippen molar-refractivity contribution in [2.45, 2.75) is 12.8 Å². The Hall–Kier alpha value is -1.27. The summed E-state index contributed by atoms with van der Waals surface area (Å²) < 4.78 is 28.0. The van der Waals surface area contributed by atoms with Crippen molar-refractivity contribution in [1.29, 1.82) is 0 Å². The molecule has 24 heavy (non-hydrogen) atoms. The molecule has 0 aliphatic rings. The summed E-state index contributed by atoms with van der Waals surface area (Å²) in [5.41, 5.74) is 2.44. The van der Waals surface area contributed by atoms with Gasteiger partial charge in [-0.3, -0.25) is 0 Å². The maximum absolute atomic E-state index is 13.6. The van der Waals surface area contributed by atoms with Gasteiger partial charge >= 0.3 is 0 Å². The van der Waals surface area contributed by atoms with E-state index in [1.807, 2.05) is 12.1 Å². The molecular weight excluding hydrogens is 419 g/mol. The van der Waals surface area contributed by atoms with E-state index in [4.69, 9.17) is 0 Å². The molecule has 0 N–H and O–H groups in total. The van der Waals surface area contributed by atoms with Gasteiger partial charge in [0.2, 0.25) is 0 Å². The highest BCUT2D eigenvalue weighted by molar-refractivity contribution is 5.79. The second-order valence-corrected chi connectivity index (χ2v) is 6.79. The van der Waals surface area contributed by atoms with E-state index in [-0.39, 0.29) is 35.6 Å². The molecule has 0 saturated heterocycles. The lowest BCUT2D eigenvalue weighted by Crippen LogP contribution is -3.00. The first-order valence-corrected chi connectivity index (χ1v) is 7.88. The largest absolute Gasteiger partial charge is 1.00 e. The Morgan fingerprint density at radius 3 is 1.83 bits per heavy atom. The first-order valence-electron chi connectivity index (χ1n) is 7.88. The number of nitrogens with zero attached hydrogens (tertiary/aromatic N) is 1. The lowest BCUT2D eigenvalue weighted by Gasteiger charge is -2.23. The molecule has 4 heteroatoms. The van der Waals surface area contributed by atoms with Crippen LogP contribution in [0.3, 0.4) is 0 Å². The van der Waals surface area contributed by atoms with Crippen molar-refractivity contribution in [1.82, 2.24) is 0 Å². The lowest BCUT2D eigenvalue weighted by atomic mass is 9.96. The summed E-state index contributed by atoms with van der Waals surface area (Å²) >= 11 is 0. The smallest absolute Gasteiger partial charge is 0.123 e. The van der Waals surface area contributed by atoms with E-state index in [0.717, 1.165) is 40.6 Å². The summed E-state index contributed by atoms with van der Waals surface area (Å²) in [6, 6.07) is 12.9. The zero-order valence-electron chi connectivity index (χ0n) is 14.4. The third-order valence-electron chi connectivity index (χ3n) is 3.65. The summed E-state index contributed by atoms with van der Waals surface area (Å²) in [4.78, 5) is 0. The van der Waals surface area contributed by atoms with Crippen LogP contribution in [0.2, 0.25) is 0 Å². The number of hydrogen-bond acceptors (Lipinski definition) is 0. The fourth-order valence-electron chi connectivity index (χ4n) is 2.53. The lowest BCUT2D eigenvalue weighted by molar-refractivity contribution is -0.870. The third-order valence-corrected chi connectivity index (χ3v) is 3.65. The number of hydrogen-bond donors (Lipinski definition) is 0. The molecule has 2 rings (SSSR count). The van der Waals surface area contributed by atoms with Crippen LogP contribution in [0, 0.1) is 11.6 Å². The molecule has 0 spiro atoms. The number of quaternary nitrogens is 1. The molecule has 0 aliphatic carbocycles. The van der Waals surface area contributed by atoms with Crippen molar-refractivity contribution in [2.75, 3.05) is 27.7 Å². The van der Waals surface area contributed by atoms with Gasteiger partial charge in [0, 0.05) is 6.42 Å². The average molecular weight is 443 g/mol. The summed E-state index contributed by atoms with van der Waals surface area (Å²) in [6.45, 7) is 1.05. The molecule has 130 valence electrons. The zero-order valence-corrected chi connectivity index (χ0v) is 16.6. The van der Waals surface area contributed by atoms with Crippen molar-refractivity contribution in [2.24, 2.45) is 0 Å².